The molecule has 2 rings (SSSR count). The number of thiophene rings is 1. The molecule has 0 saturated heterocycles. The summed E-state index contributed by atoms with van der Waals surface area (Å²) < 4.78 is 0. The van der Waals surface area contributed by atoms with Gasteiger partial charge in [-0.2, -0.15) is 11.3 Å². The maximum Gasteiger partial charge on any atom is 0.0546 e. The first-order valence-electron chi connectivity index (χ1n) is 3.99. The van der Waals surface area contributed by atoms with Crippen molar-refractivity contribution in [3.8, 4) is 0 Å². The minimum atomic E-state index is -0.125. The van der Waals surface area contributed by atoms with E-state index in [-0.39, 0.29) is 6.10 Å². The normalized spacial score (nSPS) is 31.8. The Morgan fingerprint density at radius 1 is 1.73 bits per heavy atom. The Bertz CT molecular complexity index is 228. The Morgan fingerprint density at radius 3 is 3.00 bits per heavy atom. The van der Waals surface area contributed by atoms with Crippen molar-refractivity contribution in [2.45, 2.75) is 25.4 Å². The number of aliphatic hydroxyl groups is 1. The summed E-state index contributed by atoms with van der Waals surface area (Å²) >= 11 is 1.74. The summed E-state index contributed by atoms with van der Waals surface area (Å²) in [6, 6.07) is 2.16. The van der Waals surface area contributed by atoms with Crippen LogP contribution in [0, 0.1) is 5.92 Å². The highest BCUT2D eigenvalue weighted by Crippen LogP contribution is 2.49. The van der Waals surface area contributed by atoms with Crippen LogP contribution >= 0.6 is 11.3 Å². The minimum Gasteiger partial charge on any atom is -0.393 e. The lowest BCUT2D eigenvalue weighted by Gasteiger charge is -1.99. The van der Waals surface area contributed by atoms with Crippen LogP contribution in [0.1, 0.15) is 24.8 Å². The molecular formula is C9H12OS. The molecule has 1 N–H and O–H groups in total. The minimum absolute atomic E-state index is 0.125. The molecule has 1 aliphatic rings. The molecule has 0 aromatic carbocycles. The zero-order valence-electron chi connectivity index (χ0n) is 6.53. The third-order valence-electron chi connectivity index (χ3n) is 2.43. The highest BCUT2D eigenvalue weighted by atomic mass is 32.1. The maximum atomic E-state index is 9.26. The summed E-state index contributed by atoms with van der Waals surface area (Å²) in [7, 11) is 0. The van der Waals surface area contributed by atoms with Gasteiger partial charge in [-0.05, 0) is 47.6 Å². The largest absolute Gasteiger partial charge is 0.393 e. The van der Waals surface area contributed by atoms with E-state index >= 15 is 0 Å². The average molecular weight is 168 g/mol. The molecule has 1 fully saturated rings. The molecule has 0 bridgehead atoms. The lowest BCUT2D eigenvalue weighted by Crippen LogP contribution is -2.02. The highest BCUT2D eigenvalue weighted by Gasteiger charge is 2.41. The molecule has 1 heterocycles. The average Bonchev–Trinajstić information content (AvgIpc) is 2.60. The summed E-state index contributed by atoms with van der Waals surface area (Å²) in [6.07, 6.45) is 1.05. The third kappa shape index (κ3) is 1.33. The molecule has 1 aromatic rings. The lowest BCUT2D eigenvalue weighted by atomic mass is 10.1. The lowest BCUT2D eigenvalue weighted by molar-refractivity contribution is 0.169. The van der Waals surface area contributed by atoms with Gasteiger partial charge in [-0.15, -0.1) is 0 Å². The predicted molar refractivity (Wildman–Crippen MR) is 46.8 cm³/mol. The molecule has 1 aliphatic carbocycles. The Balaban J connectivity index is 2.02. The standard InChI is InChI=1S/C9H12OS/c1-6(10)8-4-9(8)7-2-3-11-5-7/h2-3,5-6,8-10H,4H2,1H3/t6-,8+,9-/m0/s1. The molecule has 0 unspecified atom stereocenters. The van der Waals surface area contributed by atoms with E-state index in [1.807, 2.05) is 6.92 Å². The predicted octanol–water partition coefficient (Wildman–Crippen LogP) is 2.23. The quantitative estimate of drug-likeness (QED) is 0.718. The molecule has 2 heteroatoms. The topological polar surface area (TPSA) is 20.2 Å². The van der Waals surface area contributed by atoms with Crippen LogP contribution in [0.3, 0.4) is 0 Å². The van der Waals surface area contributed by atoms with Gasteiger partial charge in [0.15, 0.2) is 0 Å². The zero-order valence-corrected chi connectivity index (χ0v) is 7.34. The molecule has 0 aliphatic heterocycles. The van der Waals surface area contributed by atoms with E-state index in [4.69, 9.17) is 0 Å². The van der Waals surface area contributed by atoms with E-state index in [9.17, 15) is 5.11 Å². The van der Waals surface area contributed by atoms with Crippen molar-refractivity contribution >= 4 is 11.3 Å². The van der Waals surface area contributed by atoms with Gasteiger partial charge in [-0.25, -0.2) is 0 Å². The van der Waals surface area contributed by atoms with Crippen LogP contribution in [-0.2, 0) is 0 Å². The maximum absolute atomic E-state index is 9.26. The molecule has 0 spiro atoms. The van der Waals surface area contributed by atoms with E-state index in [0.29, 0.717) is 11.8 Å². The zero-order chi connectivity index (χ0) is 7.84. The molecular weight excluding hydrogens is 156 g/mol. The van der Waals surface area contributed by atoms with Gasteiger partial charge in [-0.1, -0.05) is 0 Å². The van der Waals surface area contributed by atoms with Crippen LogP contribution in [0.15, 0.2) is 16.8 Å². The monoisotopic (exact) mass is 168 g/mol. The van der Waals surface area contributed by atoms with Gasteiger partial charge in [0.1, 0.15) is 0 Å². The van der Waals surface area contributed by atoms with Gasteiger partial charge < -0.3 is 5.11 Å². The Kier molecular flexibility index (Phi) is 1.74. The Hall–Kier alpha value is -0.340. The summed E-state index contributed by atoms with van der Waals surface area (Å²) in [4.78, 5) is 0. The molecule has 0 amide bonds. The van der Waals surface area contributed by atoms with Crippen LogP contribution in [0.25, 0.3) is 0 Å². The van der Waals surface area contributed by atoms with E-state index in [1.54, 1.807) is 11.3 Å². The van der Waals surface area contributed by atoms with Crippen molar-refractivity contribution < 1.29 is 5.11 Å². The van der Waals surface area contributed by atoms with Gasteiger partial charge in [0.05, 0.1) is 6.10 Å². The molecule has 11 heavy (non-hydrogen) atoms. The summed E-state index contributed by atoms with van der Waals surface area (Å²) in [5, 5.41) is 13.6. The van der Waals surface area contributed by atoms with E-state index < -0.39 is 0 Å². The van der Waals surface area contributed by atoms with Crippen molar-refractivity contribution in [2.75, 3.05) is 0 Å². The summed E-state index contributed by atoms with van der Waals surface area (Å²) in [5.74, 6) is 1.19. The number of aliphatic hydroxyl groups excluding tert-OH is 1. The SMILES string of the molecule is C[C@H](O)[C@H]1C[C@H]1c1ccsc1. The fourth-order valence-electron chi connectivity index (χ4n) is 1.62. The van der Waals surface area contributed by atoms with Crippen molar-refractivity contribution in [2.24, 2.45) is 5.92 Å². The first-order chi connectivity index (χ1) is 5.29. The third-order valence-corrected chi connectivity index (χ3v) is 3.13. The first-order valence-corrected chi connectivity index (χ1v) is 4.93. The first kappa shape index (κ1) is 7.32. The second-order valence-corrected chi connectivity index (χ2v) is 4.08. The van der Waals surface area contributed by atoms with E-state index in [1.165, 1.54) is 12.0 Å². The van der Waals surface area contributed by atoms with Crippen LogP contribution in [-0.4, -0.2) is 11.2 Å². The number of rotatable bonds is 2. The van der Waals surface area contributed by atoms with Crippen LogP contribution < -0.4 is 0 Å². The molecule has 1 aromatic heterocycles. The van der Waals surface area contributed by atoms with Gasteiger partial charge >= 0.3 is 0 Å². The van der Waals surface area contributed by atoms with Crippen LogP contribution in [0.5, 0.6) is 0 Å². The molecule has 60 valence electrons. The Morgan fingerprint density at radius 2 is 2.55 bits per heavy atom. The molecule has 1 saturated carbocycles. The molecule has 3 atom stereocenters. The van der Waals surface area contributed by atoms with Crippen molar-refractivity contribution in [3.05, 3.63) is 22.4 Å². The van der Waals surface area contributed by atoms with Crippen molar-refractivity contribution in [3.63, 3.8) is 0 Å². The fourth-order valence-corrected chi connectivity index (χ4v) is 2.34. The number of hydrogen-bond donors (Lipinski definition) is 1. The van der Waals surface area contributed by atoms with Gasteiger partial charge in [0.2, 0.25) is 0 Å². The second kappa shape index (κ2) is 2.61. The Labute approximate surface area is 70.7 Å². The summed E-state index contributed by atoms with van der Waals surface area (Å²) in [5.41, 5.74) is 1.42. The van der Waals surface area contributed by atoms with Gasteiger partial charge in [-0.3, -0.25) is 0 Å². The van der Waals surface area contributed by atoms with Gasteiger partial charge in [0.25, 0.3) is 0 Å². The van der Waals surface area contributed by atoms with Gasteiger partial charge in [0, 0.05) is 0 Å². The molecule has 0 radical (unpaired) electrons. The fraction of sp³-hybridized carbons (Fsp3) is 0.556. The summed E-state index contributed by atoms with van der Waals surface area (Å²) in [6.45, 7) is 1.89. The molecule has 1 nitrogen and oxygen atoms in total. The second-order valence-electron chi connectivity index (χ2n) is 3.30. The van der Waals surface area contributed by atoms with E-state index in [2.05, 4.69) is 16.8 Å². The van der Waals surface area contributed by atoms with Crippen LogP contribution in [0.2, 0.25) is 0 Å². The highest BCUT2D eigenvalue weighted by molar-refractivity contribution is 7.08. The van der Waals surface area contributed by atoms with Crippen molar-refractivity contribution in [1.29, 1.82) is 0 Å². The van der Waals surface area contributed by atoms with Crippen LogP contribution in [0.4, 0.5) is 0 Å². The van der Waals surface area contributed by atoms with E-state index in [0.717, 1.165) is 0 Å². The number of hydrogen-bond acceptors (Lipinski definition) is 2. The van der Waals surface area contributed by atoms with Crippen molar-refractivity contribution in [1.82, 2.24) is 0 Å². The smallest absolute Gasteiger partial charge is 0.0546 e.